The monoisotopic (exact) mass is 554 g/mol. The average molecular weight is 556 g/mol. The molecule has 0 radical (unpaired) electrons. The Labute approximate surface area is 219 Å². The highest BCUT2D eigenvalue weighted by atomic mass is 79.9. The molecule has 5 rings (SSSR count). The molecule has 2 atom stereocenters. The van der Waals surface area contributed by atoms with E-state index in [2.05, 4.69) is 87.7 Å². The number of ether oxygens (including phenoxy) is 3. The molecule has 2 unspecified atom stereocenters. The summed E-state index contributed by atoms with van der Waals surface area (Å²) in [4.78, 5) is 3.56. The zero-order valence-electron chi connectivity index (χ0n) is 20.1. The number of thiophene rings is 1. The number of nitrogens with zero attached hydrogens (tertiary/aromatic N) is 1. The van der Waals surface area contributed by atoms with Crippen molar-refractivity contribution in [3.05, 3.63) is 71.2 Å². The van der Waals surface area contributed by atoms with Crippen LogP contribution in [-0.4, -0.2) is 56.6 Å². The number of allylic oxidation sites excluding steroid dienone is 2. The van der Waals surface area contributed by atoms with E-state index in [1.807, 2.05) is 12.1 Å². The Morgan fingerprint density at radius 2 is 1.91 bits per heavy atom. The molecule has 1 aliphatic heterocycles. The summed E-state index contributed by atoms with van der Waals surface area (Å²) in [6.45, 7) is 6.96. The number of methoxy groups -OCH3 is 1. The minimum Gasteiger partial charge on any atom is -0.497 e. The van der Waals surface area contributed by atoms with Gasteiger partial charge in [-0.25, -0.2) is 0 Å². The van der Waals surface area contributed by atoms with Crippen LogP contribution in [0, 0.1) is 0 Å². The van der Waals surface area contributed by atoms with E-state index in [0.29, 0.717) is 19.1 Å². The van der Waals surface area contributed by atoms with Crippen molar-refractivity contribution < 1.29 is 14.2 Å². The fourth-order valence-electron chi connectivity index (χ4n) is 4.53. The number of hydrogen-bond acceptors (Lipinski definition) is 6. The lowest BCUT2D eigenvalue weighted by Crippen LogP contribution is -2.50. The van der Waals surface area contributed by atoms with Crippen LogP contribution in [0.4, 0.5) is 0 Å². The van der Waals surface area contributed by atoms with Crippen LogP contribution >= 0.6 is 27.3 Å². The molecule has 35 heavy (non-hydrogen) atoms. The zero-order chi connectivity index (χ0) is 24.3. The van der Waals surface area contributed by atoms with Gasteiger partial charge in [-0.2, -0.15) is 0 Å². The van der Waals surface area contributed by atoms with Crippen LogP contribution in [0.25, 0.3) is 20.5 Å². The second kappa shape index (κ2) is 10.8. The van der Waals surface area contributed by atoms with Crippen LogP contribution in [0.15, 0.2) is 71.2 Å². The second-order valence-corrected chi connectivity index (χ2v) is 10.9. The molecule has 2 heterocycles. The van der Waals surface area contributed by atoms with E-state index < -0.39 is 5.79 Å². The number of fused-ring (bicyclic) bond motifs is 1. The molecule has 1 aliphatic carbocycles. The van der Waals surface area contributed by atoms with E-state index in [4.69, 9.17) is 14.2 Å². The van der Waals surface area contributed by atoms with Crippen LogP contribution in [0.2, 0.25) is 0 Å². The van der Waals surface area contributed by atoms with Gasteiger partial charge in [0.25, 0.3) is 0 Å². The van der Waals surface area contributed by atoms with E-state index in [1.165, 1.54) is 0 Å². The molecular weight excluding hydrogens is 524 g/mol. The number of benzene rings is 2. The Morgan fingerprint density at radius 1 is 1.11 bits per heavy atom. The molecule has 1 saturated heterocycles. The summed E-state index contributed by atoms with van der Waals surface area (Å²) in [5.41, 5.74) is 1.11. The van der Waals surface area contributed by atoms with E-state index in [0.717, 1.165) is 62.7 Å². The maximum atomic E-state index is 6.89. The Morgan fingerprint density at radius 3 is 2.63 bits per heavy atom. The van der Waals surface area contributed by atoms with Crippen LogP contribution in [0.3, 0.4) is 0 Å². The molecule has 0 bridgehead atoms. The van der Waals surface area contributed by atoms with Gasteiger partial charge in [0.2, 0.25) is 5.79 Å². The first-order valence-corrected chi connectivity index (χ1v) is 13.7. The number of nitrogens with one attached hydrogen (secondary N) is 1. The summed E-state index contributed by atoms with van der Waals surface area (Å²) in [6, 6.07) is 14.8. The van der Waals surface area contributed by atoms with E-state index in [-0.39, 0.29) is 0 Å². The summed E-state index contributed by atoms with van der Waals surface area (Å²) in [5, 5.41) is 4.49. The number of rotatable bonds is 8. The lowest BCUT2D eigenvalue weighted by molar-refractivity contribution is -0.154. The highest BCUT2D eigenvalue weighted by molar-refractivity contribution is 9.10. The topological polar surface area (TPSA) is 43.0 Å². The van der Waals surface area contributed by atoms with Crippen molar-refractivity contribution in [2.75, 3.05) is 39.9 Å². The van der Waals surface area contributed by atoms with Crippen LogP contribution in [0.5, 0.6) is 11.5 Å². The van der Waals surface area contributed by atoms with E-state index in [1.54, 1.807) is 18.4 Å². The van der Waals surface area contributed by atoms with Gasteiger partial charge < -0.3 is 19.5 Å². The summed E-state index contributed by atoms with van der Waals surface area (Å²) in [6.07, 6.45) is 8.90. The van der Waals surface area contributed by atoms with Crippen LogP contribution in [0.1, 0.15) is 13.3 Å². The van der Waals surface area contributed by atoms with Gasteiger partial charge in [-0.15, -0.1) is 11.3 Å². The molecule has 0 saturated carbocycles. The average Bonchev–Trinajstić information content (AvgIpc) is 3.25. The van der Waals surface area contributed by atoms with Gasteiger partial charge >= 0.3 is 0 Å². The normalized spacial score (nSPS) is 21.3. The predicted molar refractivity (Wildman–Crippen MR) is 148 cm³/mol. The SMILES string of the molecule is COc1ccc2c(OC3(OCC(C)N4CCNCC4)C=CC=CC3)c(-c3ccc(Br)cc3)sc2c1. The largest absolute Gasteiger partial charge is 0.497 e. The Hall–Kier alpha value is -2.16. The summed E-state index contributed by atoms with van der Waals surface area (Å²) in [5.74, 6) is 0.837. The fraction of sp³-hybridized carbons (Fsp3) is 0.357. The van der Waals surface area contributed by atoms with Crippen LogP contribution in [-0.2, 0) is 4.74 Å². The van der Waals surface area contributed by atoms with Gasteiger partial charge in [0.15, 0.2) is 0 Å². The lowest BCUT2D eigenvalue weighted by Gasteiger charge is -2.37. The molecule has 1 N–H and O–H groups in total. The lowest BCUT2D eigenvalue weighted by atomic mass is 10.1. The predicted octanol–water partition coefficient (Wildman–Crippen LogP) is 6.24. The first-order chi connectivity index (χ1) is 17.1. The van der Waals surface area contributed by atoms with Crippen molar-refractivity contribution in [3.8, 4) is 21.9 Å². The molecule has 1 aromatic heterocycles. The number of piperazine rings is 1. The maximum Gasteiger partial charge on any atom is 0.234 e. The summed E-state index contributed by atoms with van der Waals surface area (Å²) in [7, 11) is 1.70. The van der Waals surface area contributed by atoms with Crippen LogP contribution < -0.4 is 14.8 Å². The molecule has 184 valence electrons. The standard InChI is InChI=1S/C28H31BrN2O3S/c1-20(31-16-14-30-15-17-31)19-33-28(12-4-3-5-13-28)34-26-24-11-10-23(32-2)18-25(24)35-27(26)21-6-8-22(29)9-7-21/h3-12,18,20,30H,13-17,19H2,1-2H3. The van der Waals surface area contributed by atoms with Crippen molar-refractivity contribution in [2.45, 2.75) is 25.2 Å². The fourth-order valence-corrected chi connectivity index (χ4v) is 5.96. The molecule has 0 amide bonds. The smallest absolute Gasteiger partial charge is 0.234 e. The molecule has 5 nitrogen and oxygen atoms in total. The van der Waals surface area contributed by atoms with Crippen molar-refractivity contribution in [1.82, 2.24) is 10.2 Å². The van der Waals surface area contributed by atoms with E-state index >= 15 is 0 Å². The highest BCUT2D eigenvalue weighted by Crippen LogP contribution is 2.47. The molecule has 3 aromatic rings. The maximum absolute atomic E-state index is 6.89. The van der Waals surface area contributed by atoms with Gasteiger partial charge in [-0.1, -0.05) is 46.3 Å². The van der Waals surface area contributed by atoms with Gasteiger partial charge in [0.1, 0.15) is 11.5 Å². The van der Waals surface area contributed by atoms with E-state index in [9.17, 15) is 0 Å². The molecule has 1 fully saturated rings. The third-order valence-corrected chi connectivity index (χ3v) is 8.29. The minimum absolute atomic E-state index is 0.311. The third kappa shape index (κ3) is 5.49. The molecular formula is C28H31BrN2O3S. The number of halogens is 1. The van der Waals surface area contributed by atoms with Gasteiger partial charge in [0.05, 0.1) is 18.6 Å². The first-order valence-electron chi connectivity index (χ1n) is 12.1. The van der Waals surface area contributed by atoms with Gasteiger partial charge in [-0.05, 0) is 48.9 Å². The van der Waals surface area contributed by atoms with Crippen molar-refractivity contribution >= 4 is 37.4 Å². The van der Waals surface area contributed by atoms with Crippen molar-refractivity contribution in [1.29, 1.82) is 0 Å². The first kappa shape index (κ1) is 24.5. The minimum atomic E-state index is -0.852. The van der Waals surface area contributed by atoms with Gasteiger partial charge in [0, 0.05) is 53.2 Å². The number of hydrogen-bond donors (Lipinski definition) is 1. The summed E-state index contributed by atoms with van der Waals surface area (Å²) < 4.78 is 21.2. The quantitative estimate of drug-likeness (QED) is 0.334. The Balaban J connectivity index is 1.49. The third-order valence-electron chi connectivity index (χ3n) is 6.58. The molecule has 2 aromatic carbocycles. The van der Waals surface area contributed by atoms with Crippen molar-refractivity contribution in [2.24, 2.45) is 0 Å². The second-order valence-electron chi connectivity index (χ2n) is 8.98. The molecule has 2 aliphatic rings. The Bertz CT molecular complexity index is 1220. The highest BCUT2D eigenvalue weighted by Gasteiger charge is 2.34. The molecule has 7 heteroatoms. The Kier molecular flexibility index (Phi) is 7.60. The molecule has 0 spiro atoms. The van der Waals surface area contributed by atoms with Crippen molar-refractivity contribution in [3.63, 3.8) is 0 Å². The zero-order valence-corrected chi connectivity index (χ0v) is 22.5. The van der Waals surface area contributed by atoms with Gasteiger partial charge in [-0.3, -0.25) is 4.90 Å². The summed E-state index contributed by atoms with van der Waals surface area (Å²) >= 11 is 5.27.